The SMILES string of the molecule is Cc1nn(C)c(C)c1C[C@@H](C)NC(=O)C1(Br)CCC1. The molecule has 0 radical (unpaired) electrons. The molecule has 0 unspecified atom stereocenters. The van der Waals surface area contributed by atoms with Crippen LogP contribution >= 0.6 is 15.9 Å². The van der Waals surface area contributed by atoms with Gasteiger partial charge in [-0.1, -0.05) is 15.9 Å². The van der Waals surface area contributed by atoms with E-state index in [1.807, 2.05) is 18.7 Å². The zero-order valence-electron chi connectivity index (χ0n) is 12.1. The number of aromatic nitrogens is 2. The topological polar surface area (TPSA) is 46.9 Å². The summed E-state index contributed by atoms with van der Waals surface area (Å²) in [6, 6.07) is 0.129. The fraction of sp³-hybridized carbons (Fsp3) is 0.714. The molecule has 0 aromatic carbocycles. The van der Waals surface area contributed by atoms with E-state index in [-0.39, 0.29) is 16.3 Å². The summed E-state index contributed by atoms with van der Waals surface area (Å²) in [6.07, 6.45) is 3.85. The Morgan fingerprint density at radius 2 is 2.16 bits per heavy atom. The molecule has 0 bridgehead atoms. The van der Waals surface area contributed by atoms with E-state index < -0.39 is 0 Å². The highest BCUT2D eigenvalue weighted by molar-refractivity contribution is 9.10. The summed E-state index contributed by atoms with van der Waals surface area (Å²) in [5.41, 5.74) is 3.47. The third-order valence-electron chi connectivity index (χ3n) is 4.10. The molecule has 4 nitrogen and oxygen atoms in total. The van der Waals surface area contributed by atoms with Crippen molar-refractivity contribution in [1.82, 2.24) is 15.1 Å². The maximum atomic E-state index is 12.1. The minimum atomic E-state index is -0.305. The Morgan fingerprint density at radius 3 is 2.58 bits per heavy atom. The van der Waals surface area contributed by atoms with Crippen LogP contribution in [0.25, 0.3) is 0 Å². The van der Waals surface area contributed by atoms with Gasteiger partial charge in [0.25, 0.3) is 0 Å². The maximum Gasteiger partial charge on any atom is 0.237 e. The second-order valence-electron chi connectivity index (χ2n) is 5.67. The fourth-order valence-electron chi connectivity index (χ4n) is 2.54. The van der Waals surface area contributed by atoms with Crippen LogP contribution in [0.5, 0.6) is 0 Å². The average Bonchev–Trinajstić information content (AvgIpc) is 2.52. The van der Waals surface area contributed by atoms with E-state index in [2.05, 4.69) is 40.2 Å². The molecule has 1 atom stereocenters. The first-order valence-corrected chi connectivity index (χ1v) is 7.62. The van der Waals surface area contributed by atoms with Crippen LogP contribution in [-0.2, 0) is 18.3 Å². The number of halogens is 1. The first-order valence-electron chi connectivity index (χ1n) is 6.82. The molecule has 5 heteroatoms. The van der Waals surface area contributed by atoms with Crippen LogP contribution in [0.1, 0.15) is 43.1 Å². The number of rotatable bonds is 4. The average molecular weight is 328 g/mol. The number of nitrogens with zero attached hydrogens (tertiary/aromatic N) is 2. The van der Waals surface area contributed by atoms with Gasteiger partial charge in [-0.05, 0) is 52.0 Å². The van der Waals surface area contributed by atoms with Crippen molar-refractivity contribution < 1.29 is 4.79 Å². The van der Waals surface area contributed by atoms with E-state index in [9.17, 15) is 4.79 Å². The number of hydrogen-bond acceptors (Lipinski definition) is 2. The van der Waals surface area contributed by atoms with Crippen LogP contribution in [0.3, 0.4) is 0 Å². The first kappa shape index (κ1) is 14.6. The van der Waals surface area contributed by atoms with Crippen molar-refractivity contribution >= 4 is 21.8 Å². The van der Waals surface area contributed by atoms with Crippen molar-refractivity contribution in [3.63, 3.8) is 0 Å². The van der Waals surface area contributed by atoms with Gasteiger partial charge in [0.05, 0.1) is 5.69 Å². The molecule has 1 saturated carbocycles. The van der Waals surface area contributed by atoms with Crippen molar-refractivity contribution in [2.45, 2.75) is 56.8 Å². The number of carbonyl (C=O) groups excluding carboxylic acids is 1. The van der Waals surface area contributed by atoms with Crippen LogP contribution in [0.4, 0.5) is 0 Å². The normalized spacial score (nSPS) is 18.8. The molecule has 19 heavy (non-hydrogen) atoms. The molecular formula is C14H22BrN3O. The van der Waals surface area contributed by atoms with Crippen LogP contribution in [-0.4, -0.2) is 26.1 Å². The predicted molar refractivity (Wildman–Crippen MR) is 79.5 cm³/mol. The number of alkyl halides is 1. The summed E-state index contributed by atoms with van der Waals surface area (Å²) in [7, 11) is 1.96. The summed E-state index contributed by atoms with van der Waals surface area (Å²) in [4.78, 5) is 12.1. The van der Waals surface area contributed by atoms with Gasteiger partial charge in [0.15, 0.2) is 0 Å². The maximum absolute atomic E-state index is 12.1. The zero-order valence-corrected chi connectivity index (χ0v) is 13.7. The second kappa shape index (κ2) is 5.27. The van der Waals surface area contributed by atoms with E-state index in [1.54, 1.807) is 0 Å². The Balaban J connectivity index is 1.97. The molecule has 1 aliphatic carbocycles. The van der Waals surface area contributed by atoms with Crippen LogP contribution in [0.2, 0.25) is 0 Å². The smallest absolute Gasteiger partial charge is 0.237 e. The van der Waals surface area contributed by atoms with Gasteiger partial charge < -0.3 is 5.32 Å². The molecular weight excluding hydrogens is 306 g/mol. The van der Waals surface area contributed by atoms with Crippen LogP contribution in [0, 0.1) is 13.8 Å². The summed E-state index contributed by atoms with van der Waals surface area (Å²) in [5.74, 6) is 0.130. The number of carbonyl (C=O) groups is 1. The van der Waals surface area contributed by atoms with Crippen LogP contribution < -0.4 is 5.32 Å². The van der Waals surface area contributed by atoms with Crippen molar-refractivity contribution in [3.8, 4) is 0 Å². The minimum absolute atomic E-state index is 0.129. The van der Waals surface area contributed by atoms with Gasteiger partial charge in [0.2, 0.25) is 5.91 Å². The lowest BCUT2D eigenvalue weighted by molar-refractivity contribution is -0.125. The summed E-state index contributed by atoms with van der Waals surface area (Å²) >= 11 is 3.55. The Bertz CT molecular complexity index is 491. The Morgan fingerprint density at radius 1 is 1.53 bits per heavy atom. The zero-order chi connectivity index (χ0) is 14.2. The molecule has 1 fully saturated rings. The Labute approximate surface area is 123 Å². The van der Waals surface area contributed by atoms with Gasteiger partial charge in [-0.25, -0.2) is 0 Å². The highest BCUT2D eigenvalue weighted by Crippen LogP contribution is 2.40. The highest BCUT2D eigenvalue weighted by atomic mass is 79.9. The lowest BCUT2D eigenvalue weighted by Gasteiger charge is -2.35. The van der Waals surface area contributed by atoms with Crippen molar-refractivity contribution in [2.75, 3.05) is 0 Å². The van der Waals surface area contributed by atoms with Crippen molar-refractivity contribution in [3.05, 3.63) is 17.0 Å². The molecule has 1 aromatic heterocycles. The molecule has 1 N–H and O–H groups in total. The molecule has 106 valence electrons. The summed E-state index contributed by atoms with van der Waals surface area (Å²) in [6.45, 7) is 6.15. The summed E-state index contributed by atoms with van der Waals surface area (Å²) < 4.78 is 1.59. The molecule has 0 spiro atoms. The standard InChI is InChI=1S/C14H22BrN3O/c1-9(16-13(19)14(15)6-5-7-14)8-12-10(2)17-18(4)11(12)3/h9H,5-8H2,1-4H3,(H,16,19)/t9-/m1/s1. The monoisotopic (exact) mass is 327 g/mol. The lowest BCUT2D eigenvalue weighted by atomic mass is 9.84. The highest BCUT2D eigenvalue weighted by Gasteiger charge is 2.41. The first-order chi connectivity index (χ1) is 8.83. The number of hydrogen-bond donors (Lipinski definition) is 1. The predicted octanol–water partition coefficient (Wildman–Crippen LogP) is 2.40. The summed E-state index contributed by atoms with van der Waals surface area (Å²) in [5, 5.41) is 7.53. The van der Waals surface area contributed by atoms with Gasteiger partial charge in [-0.15, -0.1) is 0 Å². The Kier molecular flexibility index (Phi) is 4.04. The number of amides is 1. The van der Waals surface area contributed by atoms with Gasteiger partial charge in [0, 0.05) is 18.8 Å². The molecule has 1 aliphatic rings. The van der Waals surface area contributed by atoms with Crippen molar-refractivity contribution in [2.24, 2.45) is 7.05 Å². The van der Waals surface area contributed by atoms with Crippen molar-refractivity contribution in [1.29, 1.82) is 0 Å². The molecule has 0 saturated heterocycles. The van der Waals surface area contributed by atoms with Gasteiger partial charge >= 0.3 is 0 Å². The molecule has 1 aromatic rings. The third-order valence-corrected chi connectivity index (χ3v) is 5.25. The number of aryl methyl sites for hydroxylation is 2. The molecule has 0 aliphatic heterocycles. The molecule has 2 rings (SSSR count). The molecule has 1 heterocycles. The van der Waals surface area contributed by atoms with E-state index in [1.165, 1.54) is 11.3 Å². The second-order valence-corrected chi connectivity index (χ2v) is 7.19. The van der Waals surface area contributed by atoms with E-state index >= 15 is 0 Å². The third kappa shape index (κ3) is 2.86. The quantitative estimate of drug-likeness (QED) is 0.863. The minimum Gasteiger partial charge on any atom is -0.352 e. The largest absolute Gasteiger partial charge is 0.352 e. The Hall–Kier alpha value is -0.840. The fourth-order valence-corrected chi connectivity index (χ4v) is 3.21. The van der Waals surface area contributed by atoms with Gasteiger partial charge in [0.1, 0.15) is 4.32 Å². The molecule has 1 amide bonds. The van der Waals surface area contributed by atoms with Gasteiger partial charge in [-0.2, -0.15) is 5.10 Å². The van der Waals surface area contributed by atoms with E-state index in [4.69, 9.17) is 0 Å². The van der Waals surface area contributed by atoms with E-state index in [0.717, 1.165) is 31.4 Å². The number of nitrogens with one attached hydrogen (secondary N) is 1. The van der Waals surface area contributed by atoms with Crippen LogP contribution in [0.15, 0.2) is 0 Å². The van der Waals surface area contributed by atoms with Gasteiger partial charge in [-0.3, -0.25) is 9.48 Å². The van der Waals surface area contributed by atoms with E-state index in [0.29, 0.717) is 0 Å². The lowest BCUT2D eigenvalue weighted by Crippen LogP contribution is -2.50.